The lowest BCUT2D eigenvalue weighted by atomic mass is 10.2. The van der Waals surface area contributed by atoms with Crippen LogP contribution in [0.1, 0.15) is 5.69 Å². The first-order valence-corrected chi connectivity index (χ1v) is 8.50. The predicted octanol–water partition coefficient (Wildman–Crippen LogP) is 1.26. The fourth-order valence-corrected chi connectivity index (χ4v) is 3.07. The van der Waals surface area contributed by atoms with Gasteiger partial charge in [0.2, 0.25) is 0 Å². The summed E-state index contributed by atoms with van der Waals surface area (Å²) >= 11 is 0. The highest BCUT2D eigenvalue weighted by atomic mass is 16.1. The summed E-state index contributed by atoms with van der Waals surface area (Å²) in [5, 5.41) is 6.28. The summed E-state index contributed by atoms with van der Waals surface area (Å²) in [5.41, 5.74) is 2.50. The van der Waals surface area contributed by atoms with Gasteiger partial charge < -0.3 is 9.80 Å². The number of aromatic amines is 1. The molecule has 0 amide bonds. The summed E-state index contributed by atoms with van der Waals surface area (Å²) in [7, 11) is 0. The van der Waals surface area contributed by atoms with E-state index in [1.54, 1.807) is 24.7 Å². The smallest absolute Gasteiger partial charge is 0.266 e. The van der Waals surface area contributed by atoms with Crippen molar-refractivity contribution in [2.24, 2.45) is 0 Å². The van der Waals surface area contributed by atoms with Crippen molar-refractivity contribution in [3.8, 4) is 11.4 Å². The van der Waals surface area contributed by atoms with Gasteiger partial charge in [0.25, 0.3) is 5.56 Å². The molecular formula is C18H19N7O. The van der Waals surface area contributed by atoms with Crippen LogP contribution in [0.5, 0.6) is 0 Å². The Balaban J connectivity index is 1.53. The summed E-state index contributed by atoms with van der Waals surface area (Å²) in [6.45, 7) is 5.21. The molecule has 132 valence electrons. The number of hydrogen-bond donors (Lipinski definition) is 1. The summed E-state index contributed by atoms with van der Waals surface area (Å²) < 4.78 is 0. The molecule has 4 rings (SSSR count). The van der Waals surface area contributed by atoms with E-state index in [1.165, 1.54) is 0 Å². The SMILES string of the molecule is Cc1cc(N2CCN(c3cn[nH]c(=O)c3)CC2)nc(-c2cccnc2)n1. The number of aryl methyl sites for hydroxylation is 1. The van der Waals surface area contributed by atoms with Crippen LogP contribution in [0.3, 0.4) is 0 Å². The Bertz CT molecular complexity index is 949. The molecule has 8 nitrogen and oxygen atoms in total. The Hall–Kier alpha value is -3.29. The molecule has 26 heavy (non-hydrogen) atoms. The predicted molar refractivity (Wildman–Crippen MR) is 99.3 cm³/mol. The molecule has 4 heterocycles. The first kappa shape index (κ1) is 16.2. The van der Waals surface area contributed by atoms with Gasteiger partial charge in [-0.05, 0) is 19.1 Å². The number of nitrogens with one attached hydrogen (secondary N) is 1. The largest absolute Gasteiger partial charge is 0.367 e. The maximum atomic E-state index is 11.5. The molecule has 8 heteroatoms. The fraction of sp³-hybridized carbons (Fsp3) is 0.278. The average Bonchev–Trinajstić information content (AvgIpc) is 2.68. The van der Waals surface area contributed by atoms with Gasteiger partial charge in [0.05, 0.1) is 11.9 Å². The van der Waals surface area contributed by atoms with Gasteiger partial charge in [0.1, 0.15) is 5.82 Å². The van der Waals surface area contributed by atoms with Gasteiger partial charge in [0.15, 0.2) is 5.82 Å². The molecule has 1 aliphatic rings. The Labute approximate surface area is 150 Å². The lowest BCUT2D eigenvalue weighted by Gasteiger charge is -2.36. The van der Waals surface area contributed by atoms with Crippen molar-refractivity contribution in [3.05, 3.63) is 58.9 Å². The molecule has 0 unspecified atom stereocenters. The summed E-state index contributed by atoms with van der Waals surface area (Å²) in [4.78, 5) is 29.3. The number of hydrogen-bond acceptors (Lipinski definition) is 7. The molecule has 3 aromatic heterocycles. The molecule has 0 radical (unpaired) electrons. The molecule has 0 aromatic carbocycles. The topological polar surface area (TPSA) is 90.9 Å². The molecule has 1 aliphatic heterocycles. The van der Waals surface area contributed by atoms with Crippen LogP contribution in [-0.4, -0.2) is 51.3 Å². The van der Waals surface area contributed by atoms with E-state index in [0.717, 1.165) is 48.9 Å². The second-order valence-corrected chi connectivity index (χ2v) is 6.21. The van der Waals surface area contributed by atoms with Crippen molar-refractivity contribution in [1.29, 1.82) is 0 Å². The molecular weight excluding hydrogens is 330 g/mol. The molecule has 0 atom stereocenters. The first-order valence-electron chi connectivity index (χ1n) is 8.50. The van der Waals surface area contributed by atoms with Crippen molar-refractivity contribution in [3.63, 3.8) is 0 Å². The minimum absolute atomic E-state index is 0.183. The number of anilines is 2. The zero-order chi connectivity index (χ0) is 17.9. The maximum absolute atomic E-state index is 11.5. The van der Waals surface area contributed by atoms with Gasteiger partial charge >= 0.3 is 0 Å². The van der Waals surface area contributed by atoms with Crippen LogP contribution in [0.15, 0.2) is 47.7 Å². The second kappa shape index (κ2) is 6.91. The number of nitrogens with zero attached hydrogens (tertiary/aromatic N) is 6. The molecule has 3 aromatic rings. The number of H-pyrrole nitrogens is 1. The number of aromatic nitrogens is 5. The van der Waals surface area contributed by atoms with E-state index >= 15 is 0 Å². The molecule has 1 saturated heterocycles. The zero-order valence-corrected chi connectivity index (χ0v) is 14.5. The third kappa shape index (κ3) is 3.39. The first-order chi connectivity index (χ1) is 12.7. The Morgan fingerprint density at radius 2 is 1.85 bits per heavy atom. The molecule has 0 saturated carbocycles. The van der Waals surface area contributed by atoms with Crippen molar-refractivity contribution in [2.45, 2.75) is 6.92 Å². The van der Waals surface area contributed by atoms with E-state index < -0.39 is 0 Å². The van der Waals surface area contributed by atoms with Gasteiger partial charge in [-0.3, -0.25) is 9.78 Å². The lowest BCUT2D eigenvalue weighted by Crippen LogP contribution is -2.47. The summed E-state index contributed by atoms with van der Waals surface area (Å²) in [6.07, 6.45) is 5.20. The van der Waals surface area contributed by atoms with Crippen LogP contribution in [0.2, 0.25) is 0 Å². The molecule has 0 aliphatic carbocycles. The van der Waals surface area contributed by atoms with Gasteiger partial charge in [-0.15, -0.1) is 0 Å². The monoisotopic (exact) mass is 349 g/mol. The third-order valence-corrected chi connectivity index (χ3v) is 4.38. The van der Waals surface area contributed by atoms with E-state index in [2.05, 4.69) is 30.0 Å². The van der Waals surface area contributed by atoms with Crippen molar-refractivity contribution >= 4 is 11.5 Å². The van der Waals surface area contributed by atoms with Crippen molar-refractivity contribution < 1.29 is 0 Å². The Kier molecular flexibility index (Phi) is 4.30. The van der Waals surface area contributed by atoms with Crippen LogP contribution >= 0.6 is 0 Å². The normalized spacial score (nSPS) is 14.5. The van der Waals surface area contributed by atoms with E-state index in [-0.39, 0.29) is 5.56 Å². The standard InChI is InChI=1S/C18H19N7O/c1-13-9-16(22-18(21-13)14-3-2-4-19-11-14)25-7-5-24(6-8-25)15-10-17(26)23-20-12-15/h2-4,9-12H,5-8H2,1H3,(H,23,26). The van der Waals surface area contributed by atoms with Crippen LogP contribution in [0.4, 0.5) is 11.5 Å². The van der Waals surface area contributed by atoms with Crippen molar-refractivity contribution in [1.82, 2.24) is 25.1 Å². The van der Waals surface area contributed by atoms with Crippen LogP contribution in [0.25, 0.3) is 11.4 Å². The second-order valence-electron chi connectivity index (χ2n) is 6.21. The highest BCUT2D eigenvalue weighted by molar-refractivity contribution is 5.57. The van der Waals surface area contributed by atoms with E-state index in [9.17, 15) is 4.79 Å². The quantitative estimate of drug-likeness (QED) is 0.761. The number of pyridine rings is 1. The Morgan fingerprint density at radius 1 is 1.04 bits per heavy atom. The minimum atomic E-state index is -0.183. The van der Waals surface area contributed by atoms with Crippen LogP contribution < -0.4 is 15.4 Å². The van der Waals surface area contributed by atoms with E-state index in [0.29, 0.717) is 5.82 Å². The minimum Gasteiger partial charge on any atom is -0.367 e. The Morgan fingerprint density at radius 3 is 2.58 bits per heavy atom. The van der Waals surface area contributed by atoms with E-state index in [1.807, 2.05) is 25.1 Å². The molecule has 0 bridgehead atoms. The zero-order valence-electron chi connectivity index (χ0n) is 14.5. The highest BCUT2D eigenvalue weighted by Gasteiger charge is 2.20. The van der Waals surface area contributed by atoms with Gasteiger partial charge in [-0.1, -0.05) is 0 Å². The average molecular weight is 349 g/mol. The van der Waals surface area contributed by atoms with Gasteiger partial charge in [0, 0.05) is 62.0 Å². The molecule has 1 N–H and O–H groups in total. The molecule has 1 fully saturated rings. The maximum Gasteiger partial charge on any atom is 0.266 e. The van der Waals surface area contributed by atoms with Crippen molar-refractivity contribution in [2.75, 3.05) is 36.0 Å². The number of piperazine rings is 1. The molecule has 0 spiro atoms. The highest BCUT2D eigenvalue weighted by Crippen LogP contribution is 2.21. The number of rotatable bonds is 3. The summed E-state index contributed by atoms with van der Waals surface area (Å²) in [6, 6.07) is 7.43. The van der Waals surface area contributed by atoms with E-state index in [4.69, 9.17) is 4.98 Å². The fourth-order valence-electron chi connectivity index (χ4n) is 3.07. The van der Waals surface area contributed by atoms with Crippen LogP contribution in [0, 0.1) is 6.92 Å². The van der Waals surface area contributed by atoms with Gasteiger partial charge in [-0.25, -0.2) is 15.1 Å². The van der Waals surface area contributed by atoms with Gasteiger partial charge in [-0.2, -0.15) is 5.10 Å². The van der Waals surface area contributed by atoms with Crippen LogP contribution in [-0.2, 0) is 0 Å². The third-order valence-electron chi connectivity index (χ3n) is 4.38. The lowest BCUT2D eigenvalue weighted by molar-refractivity contribution is 0.644. The summed E-state index contributed by atoms with van der Waals surface area (Å²) in [5.74, 6) is 1.61.